The molecular weight excluding hydrogens is 841 g/mol. The number of carbonyl (C=O) groups is 3. The minimum atomic E-state index is -0.772. The number of unbranched alkanes of at least 4 members (excludes halogenated alkanes) is 32. The molecule has 1 atom stereocenters. The van der Waals surface area contributed by atoms with Crippen molar-refractivity contribution in [2.45, 2.75) is 303 Å². The van der Waals surface area contributed by atoms with Gasteiger partial charge in [0.25, 0.3) is 0 Å². The van der Waals surface area contributed by atoms with E-state index in [0.717, 1.165) is 96.3 Å². The van der Waals surface area contributed by atoms with E-state index in [4.69, 9.17) is 14.2 Å². The summed E-state index contributed by atoms with van der Waals surface area (Å²) >= 11 is 0. The second kappa shape index (κ2) is 56.7. The average Bonchev–Trinajstić information content (AvgIpc) is 3.34. The van der Waals surface area contributed by atoms with Gasteiger partial charge in [0.15, 0.2) is 6.10 Å². The normalized spacial score (nSPS) is 12.5. The Morgan fingerprint density at radius 3 is 0.897 bits per heavy atom. The van der Waals surface area contributed by atoms with Crippen molar-refractivity contribution in [3.8, 4) is 0 Å². The van der Waals surface area contributed by atoms with Crippen LogP contribution in [0, 0.1) is 0 Å². The fourth-order valence-corrected chi connectivity index (χ4v) is 8.41. The Kier molecular flexibility index (Phi) is 54.3. The summed E-state index contributed by atoms with van der Waals surface area (Å²) in [5.41, 5.74) is 0. The Morgan fingerprint density at radius 1 is 0.309 bits per heavy atom. The molecule has 0 aliphatic heterocycles. The molecule has 1 unspecified atom stereocenters. The van der Waals surface area contributed by atoms with Crippen LogP contribution in [0.3, 0.4) is 0 Å². The number of carbonyl (C=O) groups excluding carboxylic acids is 3. The molecule has 0 aliphatic rings. The molecule has 0 aromatic carbocycles. The summed E-state index contributed by atoms with van der Waals surface area (Å²) in [6.07, 6.45) is 70.8. The van der Waals surface area contributed by atoms with Crippen LogP contribution in [0.5, 0.6) is 0 Å². The summed E-state index contributed by atoms with van der Waals surface area (Å²) in [6, 6.07) is 0. The maximum atomic E-state index is 12.8. The predicted molar refractivity (Wildman–Crippen MR) is 293 cm³/mol. The monoisotopic (exact) mass is 951 g/mol. The Balaban J connectivity index is 4.22. The first-order chi connectivity index (χ1) is 33.5. The SMILES string of the molecule is CC/C=C\C/C=C\C/C=C\C/C=C\C/C=C\CCCCCCCCCCCC(=O)OCC(COC(=O)CCCCCCCCCCC)OC(=O)CCCCCCCCCCCCCCCCCC. The van der Waals surface area contributed by atoms with Crippen molar-refractivity contribution in [1.82, 2.24) is 0 Å². The minimum Gasteiger partial charge on any atom is -0.462 e. The maximum absolute atomic E-state index is 12.8. The van der Waals surface area contributed by atoms with Crippen LogP contribution in [0.2, 0.25) is 0 Å². The first kappa shape index (κ1) is 65.1. The van der Waals surface area contributed by atoms with Crippen LogP contribution < -0.4 is 0 Å². The van der Waals surface area contributed by atoms with Crippen molar-refractivity contribution in [3.63, 3.8) is 0 Å². The lowest BCUT2D eigenvalue weighted by molar-refractivity contribution is -0.167. The summed E-state index contributed by atoms with van der Waals surface area (Å²) in [6.45, 7) is 6.53. The van der Waals surface area contributed by atoms with E-state index in [2.05, 4.69) is 81.5 Å². The van der Waals surface area contributed by atoms with E-state index in [1.54, 1.807) is 0 Å². The van der Waals surface area contributed by atoms with Crippen molar-refractivity contribution >= 4 is 17.9 Å². The van der Waals surface area contributed by atoms with Crippen molar-refractivity contribution in [2.75, 3.05) is 13.2 Å². The van der Waals surface area contributed by atoms with Crippen LogP contribution in [0.1, 0.15) is 297 Å². The third-order valence-electron chi connectivity index (χ3n) is 12.8. The van der Waals surface area contributed by atoms with E-state index in [-0.39, 0.29) is 31.1 Å². The average molecular weight is 952 g/mol. The highest BCUT2D eigenvalue weighted by Gasteiger charge is 2.19. The van der Waals surface area contributed by atoms with Gasteiger partial charge in [0.2, 0.25) is 0 Å². The Hall–Kier alpha value is -2.89. The molecular formula is C62H110O6. The summed E-state index contributed by atoms with van der Waals surface area (Å²) in [5, 5.41) is 0. The number of ether oxygens (including phenoxy) is 3. The molecule has 0 aromatic heterocycles. The summed E-state index contributed by atoms with van der Waals surface area (Å²) in [4.78, 5) is 38.1. The molecule has 0 saturated heterocycles. The van der Waals surface area contributed by atoms with E-state index in [0.29, 0.717) is 19.3 Å². The van der Waals surface area contributed by atoms with Gasteiger partial charge in [0.1, 0.15) is 13.2 Å². The molecule has 0 amide bonds. The first-order valence-electron chi connectivity index (χ1n) is 29.3. The van der Waals surface area contributed by atoms with Gasteiger partial charge in [-0.2, -0.15) is 0 Å². The molecule has 0 fully saturated rings. The molecule has 6 nitrogen and oxygen atoms in total. The largest absolute Gasteiger partial charge is 0.462 e. The summed E-state index contributed by atoms with van der Waals surface area (Å²) in [5.74, 6) is -0.867. The molecule has 0 N–H and O–H groups in total. The summed E-state index contributed by atoms with van der Waals surface area (Å²) < 4.78 is 16.8. The quantitative estimate of drug-likeness (QED) is 0.0262. The van der Waals surface area contributed by atoms with E-state index in [1.807, 2.05) is 0 Å². The van der Waals surface area contributed by atoms with Gasteiger partial charge in [-0.1, -0.05) is 274 Å². The molecule has 68 heavy (non-hydrogen) atoms. The summed E-state index contributed by atoms with van der Waals surface area (Å²) in [7, 11) is 0. The zero-order valence-corrected chi connectivity index (χ0v) is 45.1. The number of rotatable bonds is 53. The fraction of sp³-hybridized carbons (Fsp3) is 0.790. The highest BCUT2D eigenvalue weighted by molar-refractivity contribution is 5.71. The molecule has 0 radical (unpaired) electrons. The number of hydrogen-bond acceptors (Lipinski definition) is 6. The lowest BCUT2D eigenvalue weighted by Crippen LogP contribution is -2.30. The Morgan fingerprint density at radius 2 is 0.574 bits per heavy atom. The van der Waals surface area contributed by atoms with Crippen LogP contribution in [-0.4, -0.2) is 37.2 Å². The van der Waals surface area contributed by atoms with Gasteiger partial charge >= 0.3 is 17.9 Å². The molecule has 6 heteroatoms. The molecule has 0 heterocycles. The lowest BCUT2D eigenvalue weighted by atomic mass is 10.0. The van der Waals surface area contributed by atoms with Crippen LogP contribution in [0.25, 0.3) is 0 Å². The van der Waals surface area contributed by atoms with E-state index >= 15 is 0 Å². The van der Waals surface area contributed by atoms with Crippen molar-refractivity contribution in [2.24, 2.45) is 0 Å². The number of esters is 3. The van der Waals surface area contributed by atoms with E-state index in [1.165, 1.54) is 161 Å². The van der Waals surface area contributed by atoms with Crippen LogP contribution in [0.4, 0.5) is 0 Å². The fourth-order valence-electron chi connectivity index (χ4n) is 8.41. The second-order valence-electron chi connectivity index (χ2n) is 19.5. The first-order valence-corrected chi connectivity index (χ1v) is 29.3. The van der Waals surface area contributed by atoms with Gasteiger partial charge < -0.3 is 14.2 Å². The van der Waals surface area contributed by atoms with Crippen LogP contribution >= 0.6 is 0 Å². The zero-order chi connectivity index (χ0) is 49.3. The molecule has 0 bridgehead atoms. The van der Waals surface area contributed by atoms with Crippen LogP contribution in [-0.2, 0) is 28.6 Å². The molecule has 0 rings (SSSR count). The number of allylic oxidation sites excluding steroid dienone is 10. The second-order valence-corrected chi connectivity index (χ2v) is 19.5. The lowest BCUT2D eigenvalue weighted by Gasteiger charge is -2.18. The molecule has 394 valence electrons. The van der Waals surface area contributed by atoms with Crippen molar-refractivity contribution in [1.29, 1.82) is 0 Å². The highest BCUT2D eigenvalue weighted by Crippen LogP contribution is 2.16. The molecule has 0 aromatic rings. The third kappa shape index (κ3) is 54.1. The van der Waals surface area contributed by atoms with Crippen LogP contribution in [0.15, 0.2) is 60.8 Å². The number of hydrogen-bond donors (Lipinski definition) is 0. The molecule has 0 spiro atoms. The van der Waals surface area contributed by atoms with Gasteiger partial charge in [0, 0.05) is 19.3 Å². The van der Waals surface area contributed by atoms with Gasteiger partial charge in [-0.25, -0.2) is 0 Å². The third-order valence-corrected chi connectivity index (χ3v) is 12.8. The van der Waals surface area contributed by atoms with Crippen molar-refractivity contribution < 1.29 is 28.6 Å². The predicted octanol–water partition coefficient (Wildman–Crippen LogP) is 19.6. The molecule has 0 aliphatic carbocycles. The topological polar surface area (TPSA) is 78.9 Å². The zero-order valence-electron chi connectivity index (χ0n) is 45.1. The maximum Gasteiger partial charge on any atom is 0.306 e. The smallest absolute Gasteiger partial charge is 0.306 e. The van der Waals surface area contributed by atoms with E-state index < -0.39 is 6.10 Å². The van der Waals surface area contributed by atoms with E-state index in [9.17, 15) is 14.4 Å². The minimum absolute atomic E-state index is 0.0718. The van der Waals surface area contributed by atoms with Crippen molar-refractivity contribution in [3.05, 3.63) is 60.8 Å². The van der Waals surface area contributed by atoms with Gasteiger partial charge in [-0.15, -0.1) is 0 Å². The van der Waals surface area contributed by atoms with Gasteiger partial charge in [-0.05, 0) is 64.2 Å². The molecule has 0 saturated carbocycles. The van der Waals surface area contributed by atoms with Gasteiger partial charge in [0.05, 0.1) is 0 Å². The van der Waals surface area contributed by atoms with Gasteiger partial charge in [-0.3, -0.25) is 14.4 Å². The Labute approximate surface area is 421 Å². The standard InChI is InChI=1S/C62H110O6/c1-4-7-10-13-16-19-21-23-25-27-28-29-30-31-32-33-34-35-37-38-40-43-46-49-52-55-61(64)67-58-59(57-66-60(63)54-51-48-45-42-18-15-12-9-6-3)68-62(65)56-53-50-47-44-41-39-36-26-24-22-20-17-14-11-8-5-2/h7,10,16,19,23,25,28-29,31-32,59H,4-6,8-9,11-15,17-18,20-22,24,26-27,30,33-58H2,1-3H3/b10-7-,19-16-,25-23-,29-28-,32-31-. The highest BCUT2D eigenvalue weighted by atomic mass is 16.6. The Bertz CT molecular complexity index is 1230.